The Balaban J connectivity index is 2.25. The van der Waals surface area contributed by atoms with E-state index in [1.54, 1.807) is 0 Å². The van der Waals surface area contributed by atoms with Crippen molar-refractivity contribution < 1.29 is 8.42 Å². The predicted molar refractivity (Wildman–Crippen MR) is 74.2 cm³/mol. The predicted octanol–water partition coefficient (Wildman–Crippen LogP) is 1.01. The third-order valence-electron chi connectivity index (χ3n) is 4.69. The van der Waals surface area contributed by atoms with E-state index in [-0.39, 0.29) is 11.3 Å². The Kier molecular flexibility index (Phi) is 4.04. The fraction of sp³-hybridized carbons (Fsp3) is 1.00. The van der Waals surface area contributed by atoms with E-state index < -0.39 is 9.84 Å². The van der Waals surface area contributed by atoms with Crippen LogP contribution in [0.15, 0.2) is 0 Å². The molecule has 5 heteroatoms. The zero-order valence-corrected chi connectivity index (χ0v) is 12.4. The van der Waals surface area contributed by atoms with Gasteiger partial charge in [0.15, 0.2) is 9.84 Å². The van der Waals surface area contributed by atoms with Crippen molar-refractivity contribution in [1.82, 2.24) is 4.90 Å². The lowest BCUT2D eigenvalue weighted by Crippen LogP contribution is -2.64. The molecule has 3 unspecified atom stereocenters. The van der Waals surface area contributed by atoms with E-state index in [0.29, 0.717) is 24.3 Å². The maximum Gasteiger partial charge on any atom is 0.152 e. The monoisotopic (exact) mass is 274 g/mol. The molecule has 0 saturated carbocycles. The fourth-order valence-corrected chi connectivity index (χ4v) is 5.60. The minimum Gasteiger partial charge on any atom is -0.329 e. The van der Waals surface area contributed by atoms with Crippen molar-refractivity contribution in [2.24, 2.45) is 11.7 Å². The van der Waals surface area contributed by atoms with Gasteiger partial charge in [-0.1, -0.05) is 6.92 Å². The molecule has 4 nitrogen and oxygen atoms in total. The van der Waals surface area contributed by atoms with Crippen LogP contribution in [0.3, 0.4) is 0 Å². The molecule has 0 radical (unpaired) electrons. The first kappa shape index (κ1) is 14.3. The molecule has 2 N–H and O–H groups in total. The number of piperidine rings is 1. The highest BCUT2D eigenvalue weighted by Crippen LogP contribution is 2.35. The molecule has 2 rings (SSSR count). The fourth-order valence-electron chi connectivity index (χ4n) is 3.63. The van der Waals surface area contributed by atoms with Crippen molar-refractivity contribution in [1.29, 1.82) is 0 Å². The van der Waals surface area contributed by atoms with E-state index in [1.807, 2.05) is 0 Å². The van der Waals surface area contributed by atoms with Crippen LogP contribution in [0.5, 0.6) is 0 Å². The molecule has 0 aromatic carbocycles. The summed E-state index contributed by atoms with van der Waals surface area (Å²) in [6.45, 7) is 5.92. The number of sulfone groups is 1. The van der Waals surface area contributed by atoms with Gasteiger partial charge in [0.1, 0.15) is 0 Å². The van der Waals surface area contributed by atoms with Gasteiger partial charge in [-0.25, -0.2) is 8.42 Å². The summed E-state index contributed by atoms with van der Waals surface area (Å²) in [5.74, 6) is 1.24. The Morgan fingerprint density at radius 3 is 2.67 bits per heavy atom. The maximum absolute atomic E-state index is 12.0. The largest absolute Gasteiger partial charge is 0.329 e. The molecule has 18 heavy (non-hydrogen) atoms. The highest BCUT2D eigenvalue weighted by molar-refractivity contribution is 7.91. The van der Waals surface area contributed by atoms with E-state index in [2.05, 4.69) is 18.7 Å². The number of rotatable bonds is 2. The topological polar surface area (TPSA) is 63.4 Å². The summed E-state index contributed by atoms with van der Waals surface area (Å²) in [6.07, 6.45) is 4.09. The van der Waals surface area contributed by atoms with Crippen molar-refractivity contribution in [2.75, 3.05) is 24.6 Å². The van der Waals surface area contributed by atoms with Crippen molar-refractivity contribution in [3.8, 4) is 0 Å². The summed E-state index contributed by atoms with van der Waals surface area (Å²) in [5.41, 5.74) is 5.69. The average Bonchev–Trinajstić information content (AvgIpc) is 2.31. The zero-order valence-electron chi connectivity index (χ0n) is 11.6. The lowest BCUT2D eigenvalue weighted by atomic mass is 9.85. The molecule has 0 spiro atoms. The highest BCUT2D eigenvalue weighted by atomic mass is 32.2. The zero-order chi connectivity index (χ0) is 13.4. The summed E-state index contributed by atoms with van der Waals surface area (Å²) < 4.78 is 23.9. The molecular weight excluding hydrogens is 248 g/mol. The smallest absolute Gasteiger partial charge is 0.152 e. The minimum atomic E-state index is -2.91. The van der Waals surface area contributed by atoms with Gasteiger partial charge < -0.3 is 5.73 Å². The van der Waals surface area contributed by atoms with Gasteiger partial charge in [-0.3, -0.25) is 4.90 Å². The Morgan fingerprint density at radius 1 is 1.33 bits per heavy atom. The first-order valence-corrected chi connectivity index (χ1v) is 8.88. The van der Waals surface area contributed by atoms with Crippen LogP contribution in [0.2, 0.25) is 0 Å². The summed E-state index contributed by atoms with van der Waals surface area (Å²) in [6, 6.07) is 0.457. The van der Waals surface area contributed by atoms with Crippen LogP contribution in [0, 0.1) is 5.92 Å². The van der Waals surface area contributed by atoms with Gasteiger partial charge in [0.05, 0.1) is 11.5 Å². The lowest BCUT2D eigenvalue weighted by Gasteiger charge is -2.51. The minimum absolute atomic E-state index is 0.257. The summed E-state index contributed by atoms with van der Waals surface area (Å²) >= 11 is 0. The van der Waals surface area contributed by atoms with E-state index >= 15 is 0 Å². The molecule has 2 saturated heterocycles. The number of nitrogens with two attached hydrogens (primary N) is 1. The Bertz CT molecular complexity index is 396. The van der Waals surface area contributed by atoms with Crippen LogP contribution in [0.4, 0.5) is 0 Å². The molecule has 3 atom stereocenters. The summed E-state index contributed by atoms with van der Waals surface area (Å²) in [7, 11) is -2.91. The molecule has 0 aromatic heterocycles. The van der Waals surface area contributed by atoms with E-state index in [0.717, 1.165) is 25.8 Å². The second-order valence-electron chi connectivity index (χ2n) is 6.31. The molecule has 0 aromatic rings. The molecule has 0 aliphatic carbocycles. The van der Waals surface area contributed by atoms with Crippen molar-refractivity contribution >= 4 is 9.84 Å². The van der Waals surface area contributed by atoms with Crippen LogP contribution in [-0.2, 0) is 9.84 Å². The van der Waals surface area contributed by atoms with Gasteiger partial charge >= 0.3 is 0 Å². The first-order valence-electron chi connectivity index (χ1n) is 7.06. The Labute approximate surface area is 111 Å². The SMILES string of the molecule is CC1CCC(C)N(C2(CN)CCCS(=O)(=O)C2)C1. The van der Waals surface area contributed by atoms with Crippen LogP contribution in [-0.4, -0.2) is 49.5 Å². The average molecular weight is 274 g/mol. The maximum atomic E-state index is 12.0. The van der Waals surface area contributed by atoms with E-state index in [1.165, 1.54) is 6.42 Å². The molecule has 106 valence electrons. The third-order valence-corrected chi connectivity index (χ3v) is 6.58. The Morgan fingerprint density at radius 2 is 2.06 bits per heavy atom. The first-order chi connectivity index (χ1) is 8.38. The van der Waals surface area contributed by atoms with Gasteiger partial charge in [-0.2, -0.15) is 0 Å². The van der Waals surface area contributed by atoms with Crippen LogP contribution in [0.1, 0.15) is 39.5 Å². The van der Waals surface area contributed by atoms with Gasteiger partial charge in [-0.15, -0.1) is 0 Å². The molecular formula is C13H26N2O2S. The van der Waals surface area contributed by atoms with Gasteiger partial charge in [0.25, 0.3) is 0 Å². The van der Waals surface area contributed by atoms with Crippen LogP contribution in [0.25, 0.3) is 0 Å². The summed E-state index contributed by atoms with van der Waals surface area (Å²) in [5, 5.41) is 0. The molecule has 0 bridgehead atoms. The van der Waals surface area contributed by atoms with Crippen molar-refractivity contribution in [3.63, 3.8) is 0 Å². The number of likely N-dealkylation sites (tertiary alicyclic amines) is 1. The molecule has 2 fully saturated rings. The number of hydrogen-bond donors (Lipinski definition) is 1. The second-order valence-corrected chi connectivity index (χ2v) is 8.49. The van der Waals surface area contributed by atoms with Gasteiger partial charge in [0, 0.05) is 24.7 Å². The van der Waals surface area contributed by atoms with Crippen molar-refractivity contribution in [3.05, 3.63) is 0 Å². The molecule has 0 amide bonds. The number of nitrogens with zero attached hydrogens (tertiary/aromatic N) is 1. The van der Waals surface area contributed by atoms with Gasteiger partial charge in [-0.05, 0) is 38.5 Å². The highest BCUT2D eigenvalue weighted by Gasteiger charge is 2.45. The molecule has 2 aliphatic heterocycles. The number of hydrogen-bond acceptors (Lipinski definition) is 4. The van der Waals surface area contributed by atoms with Crippen molar-refractivity contribution in [2.45, 2.75) is 51.1 Å². The van der Waals surface area contributed by atoms with Crippen LogP contribution >= 0.6 is 0 Å². The van der Waals surface area contributed by atoms with Gasteiger partial charge in [0.2, 0.25) is 0 Å². The lowest BCUT2D eigenvalue weighted by molar-refractivity contribution is 0.0155. The third kappa shape index (κ3) is 2.73. The standard InChI is InChI=1S/C13H26N2O2S/c1-11-4-5-12(2)15(8-11)13(9-14)6-3-7-18(16,17)10-13/h11-12H,3-10,14H2,1-2H3. The molecule has 2 heterocycles. The normalized spacial score (nSPS) is 41.7. The summed E-state index contributed by atoms with van der Waals surface area (Å²) in [4.78, 5) is 2.40. The van der Waals surface area contributed by atoms with Crippen LogP contribution < -0.4 is 5.73 Å². The molecule has 2 aliphatic rings. The van der Waals surface area contributed by atoms with E-state index in [4.69, 9.17) is 5.73 Å². The van der Waals surface area contributed by atoms with E-state index in [9.17, 15) is 8.42 Å². The Hall–Kier alpha value is -0.130. The quantitative estimate of drug-likeness (QED) is 0.816. The second kappa shape index (κ2) is 5.10.